The van der Waals surface area contributed by atoms with Crippen LogP contribution in [-0.4, -0.2) is 17.4 Å². The van der Waals surface area contributed by atoms with Crippen LogP contribution in [0.4, 0.5) is 0 Å². The number of nitrogens with one attached hydrogen (secondary N) is 1. The summed E-state index contributed by atoms with van der Waals surface area (Å²) in [7, 11) is -4.93. The van der Waals surface area contributed by atoms with Gasteiger partial charge in [0.2, 0.25) is 0 Å². The smallest absolute Gasteiger partial charge is 0.261 e. The van der Waals surface area contributed by atoms with Crippen LogP contribution in [0.5, 0.6) is 0 Å². The van der Waals surface area contributed by atoms with E-state index in [-0.39, 0.29) is 4.90 Å². The van der Waals surface area contributed by atoms with Crippen LogP contribution in [0.3, 0.4) is 0 Å². The lowest BCUT2D eigenvalue weighted by atomic mass is 10.2. The van der Waals surface area contributed by atoms with Gasteiger partial charge in [0, 0.05) is 16.9 Å². The van der Waals surface area contributed by atoms with Crippen molar-refractivity contribution in [1.82, 2.24) is 4.72 Å². The van der Waals surface area contributed by atoms with Gasteiger partial charge in [-0.1, -0.05) is 23.8 Å². The van der Waals surface area contributed by atoms with Gasteiger partial charge in [-0.05, 0) is 45.9 Å². The molecule has 2 rings (SSSR count). The van der Waals surface area contributed by atoms with Gasteiger partial charge in [-0.25, -0.2) is 8.42 Å². The number of rotatable bonds is 4. The second-order valence-electron chi connectivity index (χ2n) is 6.25. The Kier molecular flexibility index (Phi) is 4.63. The van der Waals surface area contributed by atoms with Gasteiger partial charge >= 0.3 is 0 Å². The maximum absolute atomic E-state index is 12.5. The fraction of sp³-hybridized carbons (Fsp3) is 0.375. The normalized spacial score (nSPS) is 16.9. The molecule has 0 fully saturated rings. The van der Waals surface area contributed by atoms with Gasteiger partial charge in [0.05, 0.1) is 20.6 Å². The maximum atomic E-state index is 12.5. The van der Waals surface area contributed by atoms with E-state index in [0.717, 1.165) is 5.56 Å². The molecule has 1 aliphatic carbocycles. The predicted molar refractivity (Wildman–Crippen MR) is 90.2 cm³/mol. The average molecular weight is 339 g/mol. The summed E-state index contributed by atoms with van der Waals surface area (Å²) in [5, 5.41) is 0. The molecule has 0 aliphatic heterocycles. The number of allylic oxidation sites excluding steroid dienone is 2. The first-order valence-electron chi connectivity index (χ1n) is 7.02. The molecule has 1 aliphatic rings. The van der Waals surface area contributed by atoms with E-state index in [2.05, 4.69) is 4.72 Å². The van der Waals surface area contributed by atoms with Gasteiger partial charge in [0.15, 0.2) is 0 Å². The Morgan fingerprint density at radius 3 is 2.27 bits per heavy atom. The second kappa shape index (κ2) is 6.01. The van der Waals surface area contributed by atoms with E-state index < -0.39 is 25.6 Å². The fourth-order valence-electron chi connectivity index (χ4n) is 2.02. The highest BCUT2D eigenvalue weighted by Gasteiger charge is 2.28. The van der Waals surface area contributed by atoms with E-state index in [4.69, 9.17) is 0 Å². The highest BCUT2D eigenvalue weighted by atomic mass is 32.2. The molecule has 0 heterocycles. The van der Waals surface area contributed by atoms with Crippen molar-refractivity contribution in [2.24, 2.45) is 0 Å². The Hall–Kier alpha value is -1.40. The van der Waals surface area contributed by atoms with Crippen LogP contribution in [0.1, 0.15) is 32.8 Å². The van der Waals surface area contributed by atoms with Gasteiger partial charge in [-0.2, -0.15) is 0 Å². The van der Waals surface area contributed by atoms with Gasteiger partial charge in [0.25, 0.3) is 10.0 Å². The molecule has 0 aromatic heterocycles. The van der Waals surface area contributed by atoms with Crippen molar-refractivity contribution in [3.05, 3.63) is 52.6 Å². The summed E-state index contributed by atoms with van der Waals surface area (Å²) < 4.78 is 39.6. The average Bonchev–Trinajstić information content (AvgIpc) is 2.84. The topological polar surface area (TPSA) is 63.2 Å². The Labute approximate surface area is 134 Å². The Balaban J connectivity index is 2.33. The SMILES string of the molecule is Cc1ccc(S(=O)(=O)NC2=C(S(=O)C(C)(C)C)C=CC2)cc1. The molecule has 22 heavy (non-hydrogen) atoms. The van der Waals surface area contributed by atoms with Crippen LogP contribution >= 0.6 is 0 Å². The summed E-state index contributed by atoms with van der Waals surface area (Å²) in [4.78, 5) is 0.765. The van der Waals surface area contributed by atoms with Crippen LogP contribution in [0.15, 0.2) is 51.9 Å². The molecular weight excluding hydrogens is 318 g/mol. The molecule has 0 amide bonds. The fourth-order valence-corrected chi connectivity index (χ4v) is 4.45. The Morgan fingerprint density at radius 1 is 1.14 bits per heavy atom. The Morgan fingerprint density at radius 2 is 1.73 bits per heavy atom. The molecule has 1 aromatic rings. The second-order valence-corrected chi connectivity index (χ2v) is 10.1. The third-order valence-electron chi connectivity index (χ3n) is 3.23. The molecule has 1 unspecified atom stereocenters. The first kappa shape index (κ1) is 17.0. The van der Waals surface area contributed by atoms with Crippen molar-refractivity contribution in [3.63, 3.8) is 0 Å². The minimum atomic E-state index is -3.65. The van der Waals surface area contributed by atoms with E-state index in [1.165, 1.54) is 0 Å². The summed E-state index contributed by atoms with van der Waals surface area (Å²) >= 11 is 0. The minimum absolute atomic E-state index is 0.207. The monoisotopic (exact) mass is 339 g/mol. The lowest BCUT2D eigenvalue weighted by Crippen LogP contribution is -2.27. The van der Waals surface area contributed by atoms with Crippen LogP contribution in [0.25, 0.3) is 0 Å². The lowest BCUT2D eigenvalue weighted by molar-refractivity contribution is 0.588. The van der Waals surface area contributed by atoms with E-state index >= 15 is 0 Å². The summed E-state index contributed by atoms with van der Waals surface area (Å²) in [6, 6.07) is 6.65. The van der Waals surface area contributed by atoms with Gasteiger partial charge in [0.1, 0.15) is 0 Å². The molecule has 0 saturated heterocycles. The molecule has 0 saturated carbocycles. The van der Waals surface area contributed by atoms with Crippen LogP contribution < -0.4 is 4.72 Å². The highest BCUT2D eigenvalue weighted by Crippen LogP contribution is 2.28. The molecule has 0 bridgehead atoms. The summed E-state index contributed by atoms with van der Waals surface area (Å²) in [6.45, 7) is 7.51. The van der Waals surface area contributed by atoms with Gasteiger partial charge < -0.3 is 0 Å². The first-order chi connectivity index (χ1) is 10.1. The third-order valence-corrected chi connectivity index (χ3v) is 6.54. The quantitative estimate of drug-likeness (QED) is 0.917. The molecule has 0 radical (unpaired) electrons. The number of hydrogen-bond donors (Lipinski definition) is 1. The van der Waals surface area contributed by atoms with E-state index in [1.54, 1.807) is 30.3 Å². The first-order valence-corrected chi connectivity index (χ1v) is 9.65. The Bertz CT molecular complexity index is 752. The van der Waals surface area contributed by atoms with E-state index in [9.17, 15) is 12.6 Å². The number of sulfonamides is 1. The zero-order valence-corrected chi connectivity index (χ0v) is 14.8. The van der Waals surface area contributed by atoms with Gasteiger partial charge in [-0.15, -0.1) is 0 Å². The predicted octanol–water partition coefficient (Wildman–Crippen LogP) is 2.99. The third kappa shape index (κ3) is 3.67. The molecule has 1 aromatic carbocycles. The summed E-state index contributed by atoms with van der Waals surface area (Å²) in [5.41, 5.74) is 1.49. The molecule has 120 valence electrons. The molecule has 6 heteroatoms. The zero-order valence-electron chi connectivity index (χ0n) is 13.2. The van der Waals surface area contributed by atoms with Crippen molar-refractivity contribution in [3.8, 4) is 0 Å². The molecule has 1 atom stereocenters. The lowest BCUT2D eigenvalue weighted by Gasteiger charge is -2.19. The van der Waals surface area contributed by atoms with Crippen molar-refractivity contribution >= 4 is 20.8 Å². The molecule has 0 spiro atoms. The van der Waals surface area contributed by atoms with E-state index in [0.29, 0.717) is 17.0 Å². The summed E-state index contributed by atoms with van der Waals surface area (Å²) in [6.07, 6.45) is 4.02. The van der Waals surface area contributed by atoms with Crippen molar-refractivity contribution in [1.29, 1.82) is 0 Å². The number of aryl methyl sites for hydroxylation is 1. The molecular formula is C16H21NO3S2. The van der Waals surface area contributed by atoms with Gasteiger partial charge in [-0.3, -0.25) is 8.93 Å². The molecule has 1 N–H and O–H groups in total. The zero-order chi connectivity index (χ0) is 16.5. The molecule has 4 nitrogen and oxygen atoms in total. The maximum Gasteiger partial charge on any atom is 0.261 e. The minimum Gasteiger partial charge on any atom is -0.282 e. The van der Waals surface area contributed by atoms with Crippen molar-refractivity contribution in [2.45, 2.75) is 43.8 Å². The van der Waals surface area contributed by atoms with E-state index in [1.807, 2.05) is 33.8 Å². The van der Waals surface area contributed by atoms with Crippen molar-refractivity contribution < 1.29 is 12.6 Å². The standard InChI is InChI=1S/C16H21NO3S2/c1-12-8-10-13(11-9-12)22(19,20)17-14-6-5-7-15(14)21(18)16(2,3)4/h5,7-11,17H,6H2,1-4H3. The number of hydrogen-bond acceptors (Lipinski definition) is 3. The largest absolute Gasteiger partial charge is 0.282 e. The van der Waals surface area contributed by atoms with Crippen LogP contribution in [0, 0.1) is 6.92 Å². The highest BCUT2D eigenvalue weighted by molar-refractivity contribution is 7.91. The van der Waals surface area contributed by atoms with Crippen LogP contribution in [-0.2, 0) is 20.8 Å². The summed E-state index contributed by atoms with van der Waals surface area (Å²) in [5.74, 6) is 0. The number of benzene rings is 1. The van der Waals surface area contributed by atoms with Crippen molar-refractivity contribution in [2.75, 3.05) is 0 Å². The van der Waals surface area contributed by atoms with Crippen LogP contribution in [0.2, 0.25) is 0 Å².